The summed E-state index contributed by atoms with van der Waals surface area (Å²) in [4.78, 5) is 35.8. The Balaban J connectivity index is 1.29. The van der Waals surface area contributed by atoms with Gasteiger partial charge in [-0.15, -0.1) is 0 Å². The summed E-state index contributed by atoms with van der Waals surface area (Å²) in [6.07, 6.45) is 2.56. The van der Waals surface area contributed by atoms with Crippen molar-refractivity contribution in [2.45, 2.75) is 6.42 Å². The topological polar surface area (TPSA) is 68.8 Å². The largest absolute Gasteiger partial charge is 0.355 e. The third-order valence-corrected chi connectivity index (χ3v) is 7.74. The van der Waals surface area contributed by atoms with Crippen LogP contribution in [0.3, 0.4) is 0 Å². The Bertz CT molecular complexity index is 1600. The zero-order valence-electron chi connectivity index (χ0n) is 22.1. The molecule has 4 aromatic rings. The van der Waals surface area contributed by atoms with Gasteiger partial charge in [-0.25, -0.2) is 4.39 Å². The molecule has 198 valence electrons. The van der Waals surface area contributed by atoms with Crippen molar-refractivity contribution in [2.24, 2.45) is 0 Å². The van der Waals surface area contributed by atoms with Crippen LogP contribution in [0.5, 0.6) is 0 Å². The molecule has 2 amide bonds. The van der Waals surface area contributed by atoms with E-state index in [0.29, 0.717) is 35.3 Å². The fourth-order valence-electron chi connectivity index (χ4n) is 5.32. The molecular weight excluding hydrogens is 493 g/mol. The van der Waals surface area contributed by atoms with E-state index in [1.165, 1.54) is 6.07 Å². The van der Waals surface area contributed by atoms with Gasteiger partial charge in [0.15, 0.2) is 0 Å². The van der Waals surface area contributed by atoms with Crippen LogP contribution in [-0.2, 0) is 6.42 Å². The van der Waals surface area contributed by atoms with E-state index in [4.69, 9.17) is 0 Å². The molecule has 0 radical (unpaired) electrons. The van der Waals surface area contributed by atoms with Gasteiger partial charge in [0.05, 0.1) is 5.52 Å². The Morgan fingerprint density at radius 2 is 1.72 bits per heavy atom. The number of benzene rings is 3. The second-order valence-electron chi connectivity index (χ2n) is 10.4. The molecule has 1 saturated heterocycles. The Kier molecular flexibility index (Phi) is 6.48. The van der Waals surface area contributed by atoms with Crippen molar-refractivity contribution in [2.75, 3.05) is 52.1 Å². The first-order valence-electron chi connectivity index (χ1n) is 13.2. The third kappa shape index (κ3) is 4.83. The number of rotatable bonds is 4. The number of anilines is 2. The van der Waals surface area contributed by atoms with Crippen LogP contribution in [0.1, 0.15) is 26.3 Å². The third-order valence-electron chi connectivity index (χ3n) is 7.74. The summed E-state index contributed by atoms with van der Waals surface area (Å²) >= 11 is 0. The number of likely N-dealkylation sites (N-methyl/N-ethyl adjacent to an activating group) is 2. The molecule has 0 saturated carbocycles. The first-order valence-corrected chi connectivity index (χ1v) is 13.2. The molecule has 6 rings (SSSR count). The van der Waals surface area contributed by atoms with Crippen molar-refractivity contribution in [3.8, 4) is 11.1 Å². The number of aromatic nitrogens is 1. The number of carbonyl (C=O) groups is 2. The lowest BCUT2D eigenvalue weighted by Gasteiger charge is -2.32. The van der Waals surface area contributed by atoms with Crippen molar-refractivity contribution >= 4 is 34.1 Å². The average Bonchev–Trinajstić information content (AvgIpc) is 2.95. The molecule has 1 aromatic heterocycles. The van der Waals surface area contributed by atoms with Crippen LogP contribution in [0.25, 0.3) is 22.0 Å². The van der Waals surface area contributed by atoms with Gasteiger partial charge in [0.2, 0.25) is 0 Å². The highest BCUT2D eigenvalue weighted by Crippen LogP contribution is 2.32. The molecule has 8 heteroatoms. The monoisotopic (exact) mass is 523 g/mol. The van der Waals surface area contributed by atoms with E-state index < -0.39 is 5.82 Å². The zero-order valence-corrected chi connectivity index (χ0v) is 22.1. The van der Waals surface area contributed by atoms with E-state index in [1.54, 1.807) is 28.1 Å². The van der Waals surface area contributed by atoms with E-state index in [2.05, 4.69) is 15.2 Å². The second-order valence-corrected chi connectivity index (χ2v) is 10.4. The standard InChI is InChI=1S/C31H30FN5O2/c1-35-13-15-37(16-14-35)30(38)22-4-7-24(27(32)18-22)21-5-8-28-26(17-21)29(9-11-33-28)34-23-6-3-20-10-12-36(2)31(39)25(20)19-23/h3-9,11,17-19H,10,12-16H2,1-2H3,(H,33,34). The molecule has 3 aromatic carbocycles. The van der Waals surface area contributed by atoms with Crippen molar-refractivity contribution in [3.63, 3.8) is 0 Å². The normalized spacial score (nSPS) is 15.9. The van der Waals surface area contributed by atoms with Crippen LogP contribution < -0.4 is 5.32 Å². The number of nitrogens with zero attached hydrogens (tertiary/aromatic N) is 4. The second kappa shape index (κ2) is 10.1. The molecule has 1 fully saturated rings. The van der Waals surface area contributed by atoms with Gasteiger partial charge in [-0.1, -0.05) is 18.2 Å². The summed E-state index contributed by atoms with van der Waals surface area (Å²) in [7, 11) is 3.85. The lowest BCUT2D eigenvalue weighted by atomic mass is 9.98. The molecule has 0 spiro atoms. The molecular formula is C31H30FN5O2. The van der Waals surface area contributed by atoms with Crippen molar-refractivity contribution in [1.82, 2.24) is 19.7 Å². The Morgan fingerprint density at radius 1 is 0.897 bits per heavy atom. The predicted molar refractivity (Wildman–Crippen MR) is 151 cm³/mol. The van der Waals surface area contributed by atoms with Crippen LogP contribution >= 0.6 is 0 Å². The van der Waals surface area contributed by atoms with Gasteiger partial charge >= 0.3 is 0 Å². The molecule has 2 aliphatic rings. The molecule has 39 heavy (non-hydrogen) atoms. The minimum Gasteiger partial charge on any atom is -0.355 e. The van der Waals surface area contributed by atoms with E-state index >= 15 is 4.39 Å². The maximum Gasteiger partial charge on any atom is 0.254 e. The first kappa shape index (κ1) is 25.0. The molecule has 3 heterocycles. The van der Waals surface area contributed by atoms with Crippen molar-refractivity contribution < 1.29 is 14.0 Å². The zero-order chi connectivity index (χ0) is 27.1. The number of piperazine rings is 1. The van der Waals surface area contributed by atoms with Gasteiger partial charge in [-0.05, 0) is 67.1 Å². The lowest BCUT2D eigenvalue weighted by molar-refractivity contribution is 0.0663. The SMILES string of the molecule is CN1CCN(C(=O)c2ccc(-c3ccc4nccc(Nc5ccc6c(c5)C(=O)N(C)CC6)c4c3)c(F)c2)CC1. The van der Waals surface area contributed by atoms with Gasteiger partial charge in [0, 0.05) is 79.4 Å². The van der Waals surface area contributed by atoms with Gasteiger partial charge in [-0.3, -0.25) is 14.6 Å². The molecule has 0 unspecified atom stereocenters. The number of carbonyl (C=O) groups excluding carboxylic acids is 2. The number of nitrogens with one attached hydrogen (secondary N) is 1. The highest BCUT2D eigenvalue weighted by molar-refractivity contribution is 5.99. The molecule has 0 bridgehead atoms. The number of halogens is 1. The summed E-state index contributed by atoms with van der Waals surface area (Å²) in [5, 5.41) is 4.26. The summed E-state index contributed by atoms with van der Waals surface area (Å²) in [5.41, 5.74) is 5.60. The summed E-state index contributed by atoms with van der Waals surface area (Å²) in [5.74, 6) is -0.561. The number of amides is 2. The van der Waals surface area contributed by atoms with Crippen LogP contribution in [-0.4, -0.2) is 78.3 Å². The Hall–Kier alpha value is -4.30. The minimum absolute atomic E-state index is 0.0202. The van der Waals surface area contributed by atoms with Gasteiger partial charge in [-0.2, -0.15) is 0 Å². The number of pyridine rings is 1. The average molecular weight is 524 g/mol. The fourth-order valence-corrected chi connectivity index (χ4v) is 5.32. The number of fused-ring (bicyclic) bond motifs is 2. The minimum atomic E-state index is -0.440. The highest BCUT2D eigenvalue weighted by Gasteiger charge is 2.23. The summed E-state index contributed by atoms with van der Waals surface area (Å²) in [6.45, 7) is 3.62. The van der Waals surface area contributed by atoms with E-state index in [1.807, 2.05) is 56.6 Å². The number of hydrogen-bond acceptors (Lipinski definition) is 5. The quantitative estimate of drug-likeness (QED) is 0.416. The van der Waals surface area contributed by atoms with E-state index in [9.17, 15) is 9.59 Å². The Labute approximate surface area is 226 Å². The van der Waals surface area contributed by atoms with Crippen molar-refractivity contribution in [3.05, 3.63) is 89.4 Å². The smallest absolute Gasteiger partial charge is 0.254 e. The predicted octanol–water partition coefficient (Wildman–Crippen LogP) is 4.80. The summed E-state index contributed by atoms with van der Waals surface area (Å²) < 4.78 is 15.4. The number of hydrogen-bond donors (Lipinski definition) is 1. The Morgan fingerprint density at radius 3 is 2.51 bits per heavy atom. The van der Waals surface area contributed by atoms with Crippen LogP contribution in [0.4, 0.5) is 15.8 Å². The van der Waals surface area contributed by atoms with Gasteiger partial charge < -0.3 is 20.0 Å². The van der Waals surface area contributed by atoms with E-state index in [0.717, 1.165) is 53.9 Å². The molecule has 0 atom stereocenters. The molecule has 1 N–H and O–H groups in total. The van der Waals surface area contributed by atoms with Crippen LogP contribution in [0.15, 0.2) is 66.9 Å². The first-order chi connectivity index (χ1) is 18.9. The van der Waals surface area contributed by atoms with E-state index in [-0.39, 0.29) is 11.8 Å². The van der Waals surface area contributed by atoms with Gasteiger partial charge in [0.25, 0.3) is 11.8 Å². The van der Waals surface area contributed by atoms with Gasteiger partial charge in [0.1, 0.15) is 5.82 Å². The van der Waals surface area contributed by atoms with Crippen molar-refractivity contribution in [1.29, 1.82) is 0 Å². The molecule has 2 aliphatic heterocycles. The van der Waals surface area contributed by atoms with Crippen LogP contribution in [0.2, 0.25) is 0 Å². The lowest BCUT2D eigenvalue weighted by Crippen LogP contribution is -2.47. The van der Waals surface area contributed by atoms with Crippen LogP contribution in [0, 0.1) is 5.82 Å². The molecule has 0 aliphatic carbocycles. The molecule has 7 nitrogen and oxygen atoms in total. The highest BCUT2D eigenvalue weighted by atomic mass is 19.1. The maximum atomic E-state index is 15.4. The fraction of sp³-hybridized carbons (Fsp3) is 0.258. The maximum absolute atomic E-state index is 15.4. The summed E-state index contributed by atoms with van der Waals surface area (Å²) in [6, 6.07) is 18.1.